The van der Waals surface area contributed by atoms with Crippen LogP contribution in [0.15, 0.2) is 24.3 Å². The third kappa shape index (κ3) is 2.19. The van der Waals surface area contributed by atoms with E-state index in [4.69, 9.17) is 5.11 Å². The normalized spacial score (nSPS) is 18.6. The molecule has 1 aromatic heterocycles. The van der Waals surface area contributed by atoms with E-state index in [1.54, 1.807) is 0 Å². The SMILES string of the molecule is Cc1nnc(N2CCCC2CC(=O)O)c2ccccc12. The van der Waals surface area contributed by atoms with E-state index in [1.807, 2.05) is 31.2 Å². The zero-order chi connectivity index (χ0) is 14.1. The topological polar surface area (TPSA) is 66.3 Å². The molecular weight excluding hydrogens is 254 g/mol. The summed E-state index contributed by atoms with van der Waals surface area (Å²) in [4.78, 5) is 13.1. The first-order valence-electron chi connectivity index (χ1n) is 6.87. The number of rotatable bonds is 3. The van der Waals surface area contributed by atoms with E-state index in [1.165, 1.54) is 0 Å². The Bertz CT molecular complexity index is 657. The fourth-order valence-corrected chi connectivity index (χ4v) is 2.96. The second-order valence-corrected chi connectivity index (χ2v) is 5.24. The summed E-state index contributed by atoms with van der Waals surface area (Å²) in [5.41, 5.74) is 0.901. The van der Waals surface area contributed by atoms with Gasteiger partial charge in [0.05, 0.1) is 12.1 Å². The number of carboxylic acid groups (broad SMARTS) is 1. The van der Waals surface area contributed by atoms with Gasteiger partial charge in [0.2, 0.25) is 0 Å². The van der Waals surface area contributed by atoms with Gasteiger partial charge in [0.25, 0.3) is 0 Å². The molecule has 0 saturated carbocycles. The number of carboxylic acids is 1. The first-order valence-corrected chi connectivity index (χ1v) is 6.87. The van der Waals surface area contributed by atoms with E-state index in [0.717, 1.165) is 41.7 Å². The van der Waals surface area contributed by atoms with Gasteiger partial charge in [-0.2, -0.15) is 5.10 Å². The maximum absolute atomic E-state index is 11.0. The first-order chi connectivity index (χ1) is 9.66. The Hall–Kier alpha value is -2.17. The number of carbonyl (C=O) groups is 1. The molecule has 1 unspecified atom stereocenters. The molecule has 1 aliphatic heterocycles. The van der Waals surface area contributed by atoms with Crippen LogP contribution in [0.2, 0.25) is 0 Å². The average Bonchev–Trinajstić information content (AvgIpc) is 2.87. The minimum absolute atomic E-state index is 0.0212. The van der Waals surface area contributed by atoms with Crippen LogP contribution in [0.3, 0.4) is 0 Å². The van der Waals surface area contributed by atoms with Crippen molar-refractivity contribution < 1.29 is 9.90 Å². The van der Waals surface area contributed by atoms with Crippen LogP contribution in [0.4, 0.5) is 5.82 Å². The second kappa shape index (κ2) is 5.07. The fraction of sp³-hybridized carbons (Fsp3) is 0.400. The molecule has 2 aromatic rings. The molecule has 2 heterocycles. The molecule has 1 atom stereocenters. The van der Waals surface area contributed by atoms with Crippen molar-refractivity contribution in [2.75, 3.05) is 11.4 Å². The van der Waals surface area contributed by atoms with Gasteiger partial charge in [0.1, 0.15) is 0 Å². The zero-order valence-electron chi connectivity index (χ0n) is 11.4. The lowest BCUT2D eigenvalue weighted by Gasteiger charge is -2.25. The van der Waals surface area contributed by atoms with Crippen LogP contribution in [0.1, 0.15) is 25.0 Å². The Balaban J connectivity index is 2.05. The largest absolute Gasteiger partial charge is 0.481 e. The molecule has 0 bridgehead atoms. The number of hydrogen-bond donors (Lipinski definition) is 1. The number of hydrogen-bond acceptors (Lipinski definition) is 4. The Kier molecular flexibility index (Phi) is 3.26. The monoisotopic (exact) mass is 271 g/mol. The second-order valence-electron chi connectivity index (χ2n) is 5.24. The van der Waals surface area contributed by atoms with Crippen molar-refractivity contribution in [2.24, 2.45) is 0 Å². The van der Waals surface area contributed by atoms with E-state index in [9.17, 15) is 4.79 Å². The van der Waals surface area contributed by atoms with Crippen molar-refractivity contribution in [2.45, 2.75) is 32.2 Å². The first kappa shape index (κ1) is 12.8. The minimum atomic E-state index is -0.758. The predicted molar refractivity (Wildman–Crippen MR) is 76.9 cm³/mol. The molecule has 0 radical (unpaired) electrons. The highest BCUT2D eigenvalue weighted by molar-refractivity contribution is 5.93. The summed E-state index contributed by atoms with van der Waals surface area (Å²) in [5.74, 6) is 0.0567. The van der Waals surface area contributed by atoms with E-state index in [0.29, 0.717) is 0 Å². The van der Waals surface area contributed by atoms with Gasteiger partial charge in [-0.15, -0.1) is 5.10 Å². The summed E-state index contributed by atoms with van der Waals surface area (Å²) in [6.07, 6.45) is 2.06. The molecule has 3 rings (SSSR count). The maximum Gasteiger partial charge on any atom is 0.305 e. The van der Waals surface area contributed by atoms with Gasteiger partial charge in [-0.25, -0.2) is 0 Å². The highest BCUT2D eigenvalue weighted by Gasteiger charge is 2.29. The van der Waals surface area contributed by atoms with Crippen LogP contribution >= 0.6 is 0 Å². The lowest BCUT2D eigenvalue weighted by molar-refractivity contribution is -0.137. The number of nitrogens with zero attached hydrogens (tertiary/aromatic N) is 3. The van der Waals surface area contributed by atoms with E-state index in [-0.39, 0.29) is 12.5 Å². The number of anilines is 1. The summed E-state index contributed by atoms with van der Waals surface area (Å²) in [7, 11) is 0. The Morgan fingerprint density at radius 3 is 2.85 bits per heavy atom. The molecule has 0 amide bonds. The van der Waals surface area contributed by atoms with Gasteiger partial charge in [0, 0.05) is 23.4 Å². The van der Waals surface area contributed by atoms with Crippen molar-refractivity contribution in [3.05, 3.63) is 30.0 Å². The summed E-state index contributed by atoms with van der Waals surface area (Å²) in [6, 6.07) is 8.05. The molecule has 5 nitrogen and oxygen atoms in total. The highest BCUT2D eigenvalue weighted by Crippen LogP contribution is 2.31. The third-order valence-electron chi connectivity index (χ3n) is 3.91. The molecule has 1 saturated heterocycles. The Morgan fingerprint density at radius 1 is 1.35 bits per heavy atom. The third-order valence-corrected chi connectivity index (χ3v) is 3.91. The van der Waals surface area contributed by atoms with Gasteiger partial charge >= 0.3 is 5.97 Å². The van der Waals surface area contributed by atoms with Crippen LogP contribution in [0.5, 0.6) is 0 Å². The van der Waals surface area contributed by atoms with Crippen LogP contribution in [0.25, 0.3) is 10.8 Å². The minimum Gasteiger partial charge on any atom is -0.481 e. The molecule has 1 aliphatic rings. The standard InChI is InChI=1S/C15H17N3O2/c1-10-12-6-2-3-7-13(12)15(17-16-10)18-8-4-5-11(18)9-14(19)20/h2-3,6-7,11H,4-5,8-9H2,1H3,(H,19,20). The summed E-state index contributed by atoms with van der Waals surface area (Å²) >= 11 is 0. The van der Waals surface area contributed by atoms with Crippen molar-refractivity contribution in [1.82, 2.24) is 10.2 Å². The molecule has 0 aliphatic carbocycles. The van der Waals surface area contributed by atoms with Gasteiger partial charge in [-0.1, -0.05) is 24.3 Å². The predicted octanol–water partition coefficient (Wildman–Crippen LogP) is 2.38. The molecule has 20 heavy (non-hydrogen) atoms. The van der Waals surface area contributed by atoms with Gasteiger partial charge in [0.15, 0.2) is 5.82 Å². The molecule has 0 spiro atoms. The zero-order valence-corrected chi connectivity index (χ0v) is 11.4. The van der Waals surface area contributed by atoms with Crippen LogP contribution in [-0.4, -0.2) is 33.9 Å². The molecule has 1 fully saturated rings. The van der Waals surface area contributed by atoms with E-state index >= 15 is 0 Å². The summed E-state index contributed by atoms with van der Waals surface area (Å²) < 4.78 is 0. The molecule has 5 heteroatoms. The lowest BCUT2D eigenvalue weighted by atomic mass is 10.1. The molecule has 1 N–H and O–H groups in total. The fourth-order valence-electron chi connectivity index (χ4n) is 2.96. The van der Waals surface area contributed by atoms with Crippen molar-refractivity contribution in [3.8, 4) is 0 Å². The van der Waals surface area contributed by atoms with Gasteiger partial charge < -0.3 is 10.0 Å². The average molecular weight is 271 g/mol. The van der Waals surface area contributed by atoms with Crippen molar-refractivity contribution in [1.29, 1.82) is 0 Å². The quantitative estimate of drug-likeness (QED) is 0.928. The molecule has 1 aromatic carbocycles. The summed E-state index contributed by atoms with van der Waals surface area (Å²) in [6.45, 7) is 2.79. The number of benzene rings is 1. The van der Waals surface area contributed by atoms with Crippen molar-refractivity contribution >= 4 is 22.6 Å². The summed E-state index contributed by atoms with van der Waals surface area (Å²) in [5, 5.41) is 19.7. The smallest absolute Gasteiger partial charge is 0.305 e. The highest BCUT2D eigenvalue weighted by atomic mass is 16.4. The van der Waals surface area contributed by atoms with Crippen LogP contribution in [0, 0.1) is 6.92 Å². The molecule has 104 valence electrons. The number of aryl methyl sites for hydroxylation is 1. The molecular formula is C15H17N3O2. The number of aliphatic carboxylic acids is 1. The number of fused-ring (bicyclic) bond motifs is 1. The van der Waals surface area contributed by atoms with Gasteiger partial charge in [-0.3, -0.25) is 4.79 Å². The maximum atomic E-state index is 11.0. The van der Waals surface area contributed by atoms with Crippen LogP contribution < -0.4 is 4.90 Å². The van der Waals surface area contributed by atoms with E-state index in [2.05, 4.69) is 15.1 Å². The van der Waals surface area contributed by atoms with Crippen LogP contribution in [-0.2, 0) is 4.79 Å². The van der Waals surface area contributed by atoms with Crippen molar-refractivity contribution in [3.63, 3.8) is 0 Å². The lowest BCUT2D eigenvalue weighted by Crippen LogP contribution is -2.32. The van der Waals surface area contributed by atoms with E-state index < -0.39 is 5.97 Å². The Morgan fingerprint density at radius 2 is 2.10 bits per heavy atom. The Labute approximate surface area is 117 Å². The van der Waals surface area contributed by atoms with Gasteiger partial charge in [-0.05, 0) is 19.8 Å². The number of aromatic nitrogens is 2.